The van der Waals surface area contributed by atoms with E-state index < -0.39 is 0 Å². The second kappa shape index (κ2) is 13.3. The summed E-state index contributed by atoms with van der Waals surface area (Å²) < 4.78 is 18.0. The summed E-state index contributed by atoms with van der Waals surface area (Å²) in [5, 5.41) is 7.33. The van der Waals surface area contributed by atoms with Crippen molar-refractivity contribution in [2.24, 2.45) is 0 Å². The van der Waals surface area contributed by atoms with E-state index in [1.165, 1.54) is 30.5 Å². The zero-order chi connectivity index (χ0) is 24.2. The van der Waals surface area contributed by atoms with E-state index in [1.54, 1.807) is 42.1 Å². The van der Waals surface area contributed by atoms with Crippen LogP contribution in [-0.4, -0.2) is 21.9 Å². The van der Waals surface area contributed by atoms with Gasteiger partial charge in [-0.15, -0.1) is 0 Å². The quantitative estimate of drug-likeness (QED) is 0.295. The van der Waals surface area contributed by atoms with E-state index in [-0.39, 0.29) is 11.7 Å². The maximum absolute atomic E-state index is 13.2. The molecule has 0 aliphatic heterocycles. The predicted octanol–water partition coefficient (Wildman–Crippen LogP) is 6.48. The maximum atomic E-state index is 13.2. The highest BCUT2D eigenvalue weighted by molar-refractivity contribution is 7.99. The molecule has 0 atom stereocenters. The van der Waals surface area contributed by atoms with Gasteiger partial charge < -0.3 is 10.0 Å². The number of nitrogens with zero attached hydrogens (tertiary/aromatic N) is 2. The fourth-order valence-electron chi connectivity index (χ4n) is 3.04. The summed E-state index contributed by atoms with van der Waals surface area (Å²) in [7, 11) is 0. The number of carbonyl (C=O) groups excluding carboxylic acids is 1. The van der Waals surface area contributed by atoms with Gasteiger partial charge in [-0.1, -0.05) is 57.0 Å². The van der Waals surface area contributed by atoms with Gasteiger partial charge in [0.25, 0.3) is 5.91 Å². The topological polar surface area (TPSA) is 59.0 Å². The first-order valence-corrected chi connectivity index (χ1v) is 12.0. The third-order valence-corrected chi connectivity index (χ3v) is 4.96. The van der Waals surface area contributed by atoms with Crippen molar-refractivity contribution >= 4 is 35.2 Å². The molecule has 7 heteroatoms. The third-order valence-electron chi connectivity index (χ3n) is 4.52. The van der Waals surface area contributed by atoms with Gasteiger partial charge in [0.2, 0.25) is 0 Å². The van der Waals surface area contributed by atoms with E-state index >= 15 is 0 Å². The van der Waals surface area contributed by atoms with E-state index in [4.69, 9.17) is 0 Å². The Hall–Kier alpha value is -3.32. The Balaban J connectivity index is 0.00000122. The number of allylic oxidation sites excluding steroid dienone is 1. The highest BCUT2D eigenvalue weighted by Gasteiger charge is 2.18. The Bertz CT molecular complexity index is 1070. The molecule has 1 amide bonds. The molecule has 2 N–H and O–H groups in total. The summed E-state index contributed by atoms with van der Waals surface area (Å²) in [5.74, 6) is -0.525. The van der Waals surface area contributed by atoms with Gasteiger partial charge in [-0.2, -0.15) is 5.10 Å². The molecule has 0 radical (unpaired) electrons. The van der Waals surface area contributed by atoms with Gasteiger partial charge >= 0.3 is 0 Å². The number of hydrogen-bond donors (Lipinski definition) is 2. The normalized spacial score (nSPS) is 10.8. The smallest absolute Gasteiger partial charge is 0.251 e. The zero-order valence-corrected chi connectivity index (χ0v) is 20.4. The van der Waals surface area contributed by atoms with Gasteiger partial charge in [0.15, 0.2) is 0 Å². The fraction of sp³-hybridized carbons (Fsp3) is 0.231. The van der Waals surface area contributed by atoms with Crippen LogP contribution in [0.4, 0.5) is 10.1 Å². The van der Waals surface area contributed by atoms with Crippen molar-refractivity contribution < 1.29 is 9.18 Å². The van der Waals surface area contributed by atoms with Crippen LogP contribution in [0.15, 0.2) is 67.4 Å². The number of anilines is 1. The molecule has 1 heterocycles. The molecule has 1 aromatic heterocycles. The first kappa shape index (κ1) is 25.9. The zero-order valence-electron chi connectivity index (χ0n) is 19.6. The van der Waals surface area contributed by atoms with Crippen molar-refractivity contribution in [2.75, 3.05) is 11.0 Å². The van der Waals surface area contributed by atoms with Crippen LogP contribution in [0.25, 0.3) is 17.3 Å². The molecule has 0 spiro atoms. The highest BCUT2D eigenvalue weighted by atomic mass is 32.2. The lowest BCUT2D eigenvalue weighted by Crippen LogP contribution is -2.24. The molecule has 3 aromatic rings. The van der Waals surface area contributed by atoms with Crippen LogP contribution in [0.2, 0.25) is 0 Å². The molecule has 0 saturated carbocycles. The molecule has 0 bridgehead atoms. The molecule has 0 saturated heterocycles. The molecule has 0 aliphatic carbocycles. The van der Waals surface area contributed by atoms with E-state index in [0.29, 0.717) is 29.1 Å². The fourth-order valence-corrected chi connectivity index (χ4v) is 3.42. The minimum atomic E-state index is -0.322. The van der Waals surface area contributed by atoms with Crippen molar-refractivity contribution in [1.29, 1.82) is 0 Å². The standard InChI is InChI=1S/C23H23FN4OS.C3H8/c1-4-20(23(29)25-14-16-6-10-18(11-7-16)27-30-3)21-15-26-28(22(21)5-2)19-12-8-17(24)9-13-19;1-3-2/h4-13,15,27H,2,14H2,1,3H3,(H,25,29);3H2,1-2H3/b20-4+;. The molecule has 0 aliphatic rings. The molecular formula is C26H31FN4OS. The lowest BCUT2D eigenvalue weighted by molar-refractivity contribution is -0.115. The van der Waals surface area contributed by atoms with Gasteiger partial charge in [0.1, 0.15) is 5.82 Å². The summed E-state index contributed by atoms with van der Waals surface area (Å²) in [4.78, 5) is 12.9. The molecule has 174 valence electrons. The Morgan fingerprint density at radius 1 is 1.15 bits per heavy atom. The van der Waals surface area contributed by atoms with Crippen molar-refractivity contribution in [1.82, 2.24) is 15.1 Å². The van der Waals surface area contributed by atoms with Gasteiger partial charge in [-0.3, -0.25) is 4.79 Å². The number of hydrogen-bond acceptors (Lipinski definition) is 4. The predicted molar refractivity (Wildman–Crippen MR) is 139 cm³/mol. The number of amides is 1. The van der Waals surface area contributed by atoms with E-state index in [2.05, 4.69) is 35.6 Å². The SMILES string of the molecule is C=Cc1c(/C(=C\C)C(=O)NCc2ccc(NSC)cc2)cnn1-c1ccc(F)cc1.CCC. The van der Waals surface area contributed by atoms with Crippen LogP contribution in [0, 0.1) is 5.82 Å². The summed E-state index contributed by atoms with van der Waals surface area (Å²) in [6.45, 7) is 10.3. The number of carbonyl (C=O) groups is 1. The van der Waals surface area contributed by atoms with Gasteiger partial charge in [0.05, 0.1) is 17.6 Å². The molecule has 33 heavy (non-hydrogen) atoms. The first-order chi connectivity index (χ1) is 16.0. The first-order valence-electron chi connectivity index (χ1n) is 10.8. The summed E-state index contributed by atoms with van der Waals surface area (Å²) in [6, 6.07) is 13.9. The lowest BCUT2D eigenvalue weighted by Gasteiger charge is -2.10. The summed E-state index contributed by atoms with van der Waals surface area (Å²) in [6.07, 6.45) is 8.22. The molecule has 2 aromatic carbocycles. The molecule has 0 unspecified atom stereocenters. The van der Waals surface area contributed by atoms with Crippen molar-refractivity contribution in [3.8, 4) is 5.69 Å². The van der Waals surface area contributed by atoms with E-state index in [9.17, 15) is 9.18 Å². The minimum Gasteiger partial charge on any atom is -0.348 e. The minimum absolute atomic E-state index is 0.203. The summed E-state index contributed by atoms with van der Waals surface area (Å²) in [5.41, 5.74) is 4.52. The monoisotopic (exact) mass is 466 g/mol. The van der Waals surface area contributed by atoms with Gasteiger partial charge in [-0.25, -0.2) is 9.07 Å². The Morgan fingerprint density at radius 2 is 1.79 bits per heavy atom. The van der Waals surface area contributed by atoms with Crippen LogP contribution in [-0.2, 0) is 11.3 Å². The van der Waals surface area contributed by atoms with Gasteiger partial charge in [-0.05, 0) is 55.0 Å². The van der Waals surface area contributed by atoms with Crippen LogP contribution in [0.1, 0.15) is 44.0 Å². The average molecular weight is 467 g/mol. The van der Waals surface area contributed by atoms with Crippen molar-refractivity contribution in [3.05, 3.63) is 90.0 Å². The number of aromatic nitrogens is 2. The number of nitrogens with one attached hydrogen (secondary N) is 2. The molecular weight excluding hydrogens is 435 g/mol. The largest absolute Gasteiger partial charge is 0.348 e. The van der Waals surface area contributed by atoms with E-state index in [1.807, 2.05) is 30.5 Å². The van der Waals surface area contributed by atoms with Crippen LogP contribution >= 0.6 is 11.9 Å². The van der Waals surface area contributed by atoms with Crippen molar-refractivity contribution in [3.63, 3.8) is 0 Å². The van der Waals surface area contributed by atoms with Gasteiger partial charge in [0, 0.05) is 29.6 Å². The third kappa shape index (κ3) is 7.08. The van der Waals surface area contributed by atoms with Crippen LogP contribution < -0.4 is 10.0 Å². The Morgan fingerprint density at radius 3 is 2.33 bits per heavy atom. The van der Waals surface area contributed by atoms with Crippen molar-refractivity contribution in [2.45, 2.75) is 33.7 Å². The summed E-state index contributed by atoms with van der Waals surface area (Å²) >= 11 is 1.53. The molecule has 3 rings (SSSR count). The van der Waals surface area contributed by atoms with Crippen LogP contribution in [0.3, 0.4) is 0 Å². The second-order valence-corrected chi connectivity index (χ2v) is 7.74. The number of halogens is 1. The van der Waals surface area contributed by atoms with Crippen LogP contribution in [0.5, 0.6) is 0 Å². The molecule has 0 fully saturated rings. The Labute approximate surface area is 199 Å². The highest BCUT2D eigenvalue weighted by Crippen LogP contribution is 2.24. The maximum Gasteiger partial charge on any atom is 0.251 e. The van der Waals surface area contributed by atoms with E-state index in [0.717, 1.165) is 11.3 Å². The number of rotatable bonds is 8. The lowest BCUT2D eigenvalue weighted by atomic mass is 10.1. The number of benzene rings is 2. The Kier molecular flexibility index (Phi) is 10.4. The molecule has 5 nitrogen and oxygen atoms in total. The second-order valence-electron chi connectivity index (χ2n) is 7.13. The average Bonchev–Trinajstić information content (AvgIpc) is 3.24.